The van der Waals surface area contributed by atoms with Crippen LogP contribution in [0.1, 0.15) is 59.7 Å². The first kappa shape index (κ1) is 19.3. The van der Waals surface area contributed by atoms with Gasteiger partial charge in [-0.3, -0.25) is 9.59 Å². The topological polar surface area (TPSA) is 55.4 Å². The molecule has 0 aromatic heterocycles. The maximum Gasteiger partial charge on any atom is 0.251 e. The van der Waals surface area contributed by atoms with Gasteiger partial charge in [-0.05, 0) is 68.4 Å². The van der Waals surface area contributed by atoms with Crippen molar-refractivity contribution in [2.45, 2.75) is 45.1 Å². The van der Waals surface area contributed by atoms with Crippen molar-refractivity contribution in [3.05, 3.63) is 59.7 Å². The van der Waals surface area contributed by atoms with Gasteiger partial charge < -0.3 is 10.1 Å². The number of nitrogens with one attached hydrogen (secondary N) is 1. The molecule has 4 heteroatoms. The fourth-order valence-corrected chi connectivity index (χ4v) is 3.40. The van der Waals surface area contributed by atoms with E-state index in [0.717, 1.165) is 37.0 Å². The summed E-state index contributed by atoms with van der Waals surface area (Å²) < 4.78 is 5.61. The van der Waals surface area contributed by atoms with Crippen LogP contribution in [0.2, 0.25) is 0 Å². The Morgan fingerprint density at radius 3 is 2.56 bits per heavy atom. The van der Waals surface area contributed by atoms with Gasteiger partial charge in [0, 0.05) is 24.3 Å². The summed E-state index contributed by atoms with van der Waals surface area (Å²) in [6.45, 7) is 3.15. The largest absolute Gasteiger partial charge is 0.378 e. The molecule has 1 aliphatic heterocycles. The molecule has 27 heavy (non-hydrogen) atoms. The van der Waals surface area contributed by atoms with Gasteiger partial charge in [0.25, 0.3) is 5.91 Å². The van der Waals surface area contributed by atoms with E-state index in [0.29, 0.717) is 23.8 Å². The smallest absolute Gasteiger partial charge is 0.251 e. The van der Waals surface area contributed by atoms with Crippen molar-refractivity contribution in [3.8, 4) is 11.1 Å². The molecule has 2 aromatic rings. The van der Waals surface area contributed by atoms with Crippen LogP contribution < -0.4 is 5.32 Å². The number of carbonyl (C=O) groups excluding carboxylic acids is 2. The highest BCUT2D eigenvalue weighted by molar-refractivity contribution is 5.96. The molecule has 0 unspecified atom stereocenters. The Kier molecular flexibility index (Phi) is 6.77. The molecule has 1 N–H and O–H groups in total. The number of carbonyl (C=O) groups is 2. The third kappa shape index (κ3) is 5.51. The van der Waals surface area contributed by atoms with E-state index in [9.17, 15) is 9.59 Å². The molecule has 0 saturated carbocycles. The summed E-state index contributed by atoms with van der Waals surface area (Å²) in [5.41, 5.74) is 3.31. The van der Waals surface area contributed by atoms with E-state index < -0.39 is 0 Å². The van der Waals surface area contributed by atoms with Crippen molar-refractivity contribution < 1.29 is 14.3 Å². The summed E-state index contributed by atoms with van der Waals surface area (Å²) in [5, 5.41) is 2.98. The van der Waals surface area contributed by atoms with Gasteiger partial charge in [-0.1, -0.05) is 30.3 Å². The summed E-state index contributed by atoms with van der Waals surface area (Å²) in [4.78, 5) is 23.8. The van der Waals surface area contributed by atoms with E-state index in [4.69, 9.17) is 4.74 Å². The summed E-state index contributed by atoms with van der Waals surface area (Å²) in [7, 11) is 0. The first-order valence-electron chi connectivity index (χ1n) is 9.75. The number of ether oxygens (including phenoxy) is 1. The van der Waals surface area contributed by atoms with Gasteiger partial charge in [-0.25, -0.2) is 0 Å². The average Bonchev–Trinajstić information content (AvgIpc) is 3.21. The lowest BCUT2D eigenvalue weighted by Gasteiger charge is -2.09. The second-order valence-electron chi connectivity index (χ2n) is 7.10. The van der Waals surface area contributed by atoms with E-state index >= 15 is 0 Å². The Labute approximate surface area is 160 Å². The average molecular weight is 365 g/mol. The van der Waals surface area contributed by atoms with Crippen LogP contribution in [0.3, 0.4) is 0 Å². The maximum absolute atomic E-state index is 12.3. The molecule has 1 fully saturated rings. The van der Waals surface area contributed by atoms with E-state index in [1.54, 1.807) is 6.92 Å². The number of unbranched alkanes of at least 4 members (excludes halogenated alkanes) is 1. The second-order valence-corrected chi connectivity index (χ2v) is 7.10. The summed E-state index contributed by atoms with van der Waals surface area (Å²) in [6, 6.07) is 15.0. The minimum Gasteiger partial charge on any atom is -0.378 e. The summed E-state index contributed by atoms with van der Waals surface area (Å²) in [6.07, 6.45) is 5.92. The molecule has 0 radical (unpaired) electrons. The molecule has 4 nitrogen and oxygen atoms in total. The summed E-state index contributed by atoms with van der Waals surface area (Å²) in [5.74, 6) is 0.00324. The zero-order valence-corrected chi connectivity index (χ0v) is 15.9. The van der Waals surface area contributed by atoms with E-state index in [1.165, 1.54) is 12.8 Å². The van der Waals surface area contributed by atoms with E-state index in [-0.39, 0.29) is 11.7 Å². The third-order valence-electron chi connectivity index (χ3n) is 5.01. The number of benzene rings is 2. The Bertz CT molecular complexity index is 776. The van der Waals surface area contributed by atoms with Gasteiger partial charge in [0.1, 0.15) is 0 Å². The van der Waals surface area contributed by atoms with Crippen molar-refractivity contribution in [1.82, 2.24) is 5.32 Å². The van der Waals surface area contributed by atoms with Crippen molar-refractivity contribution in [3.63, 3.8) is 0 Å². The first-order valence-corrected chi connectivity index (χ1v) is 9.75. The number of Topliss-reactive ketones (excluding diaryl/α,β-unsaturated/α-hetero) is 1. The highest BCUT2D eigenvalue weighted by Gasteiger charge is 2.14. The van der Waals surface area contributed by atoms with E-state index in [1.807, 2.05) is 48.5 Å². The van der Waals surface area contributed by atoms with Gasteiger partial charge in [0.2, 0.25) is 0 Å². The van der Waals surface area contributed by atoms with Gasteiger partial charge >= 0.3 is 0 Å². The monoisotopic (exact) mass is 365 g/mol. The SMILES string of the molecule is CC(=O)c1cccc(-c2ccc(C(=O)NCCCC[C@@H]3CCCO3)cc2)c1. The fourth-order valence-electron chi connectivity index (χ4n) is 3.40. The van der Waals surface area contributed by atoms with Gasteiger partial charge in [-0.2, -0.15) is 0 Å². The van der Waals surface area contributed by atoms with Gasteiger partial charge in [-0.15, -0.1) is 0 Å². The predicted octanol–water partition coefficient (Wildman–Crippen LogP) is 4.64. The molecule has 0 bridgehead atoms. The minimum atomic E-state index is -0.0452. The molecule has 1 heterocycles. The zero-order chi connectivity index (χ0) is 19.1. The minimum absolute atomic E-state index is 0.0452. The molecule has 0 aliphatic carbocycles. The van der Waals surface area contributed by atoms with Crippen LogP contribution in [-0.4, -0.2) is 30.9 Å². The Hall–Kier alpha value is -2.46. The molecule has 1 aliphatic rings. The third-order valence-corrected chi connectivity index (χ3v) is 5.01. The normalized spacial score (nSPS) is 16.3. The molecule has 142 valence electrons. The molecular formula is C23H27NO3. The van der Waals surface area contributed by atoms with Crippen LogP contribution in [0.25, 0.3) is 11.1 Å². The lowest BCUT2D eigenvalue weighted by molar-refractivity contribution is 0.0946. The highest BCUT2D eigenvalue weighted by Crippen LogP contribution is 2.21. The zero-order valence-electron chi connectivity index (χ0n) is 15.9. The maximum atomic E-state index is 12.3. The lowest BCUT2D eigenvalue weighted by atomic mass is 10.0. The number of hydrogen-bond acceptors (Lipinski definition) is 3. The Morgan fingerprint density at radius 1 is 1.04 bits per heavy atom. The standard InChI is InChI=1S/C23H27NO3/c1-17(25)20-6-4-7-21(16-20)18-10-12-19(13-11-18)23(26)24-14-3-2-8-22-9-5-15-27-22/h4,6-7,10-13,16,22H,2-3,5,8-9,14-15H2,1H3,(H,24,26)/t22-/m1/s1. The number of rotatable bonds is 8. The molecule has 1 amide bonds. The van der Waals surface area contributed by atoms with Crippen LogP contribution in [0.4, 0.5) is 0 Å². The number of hydrogen-bond donors (Lipinski definition) is 1. The molecule has 0 spiro atoms. The number of amides is 1. The molecule has 1 saturated heterocycles. The molecule has 3 rings (SSSR count). The van der Waals surface area contributed by atoms with Gasteiger partial charge in [0.15, 0.2) is 5.78 Å². The predicted molar refractivity (Wildman–Crippen MR) is 107 cm³/mol. The van der Waals surface area contributed by atoms with Crippen LogP contribution in [0.5, 0.6) is 0 Å². The molecule has 2 aromatic carbocycles. The van der Waals surface area contributed by atoms with Crippen molar-refractivity contribution in [1.29, 1.82) is 0 Å². The van der Waals surface area contributed by atoms with Gasteiger partial charge in [0.05, 0.1) is 6.10 Å². The Morgan fingerprint density at radius 2 is 1.85 bits per heavy atom. The van der Waals surface area contributed by atoms with Crippen molar-refractivity contribution in [2.75, 3.05) is 13.2 Å². The number of ketones is 1. The quantitative estimate of drug-likeness (QED) is 0.548. The fraction of sp³-hybridized carbons (Fsp3) is 0.391. The van der Waals surface area contributed by atoms with Crippen molar-refractivity contribution in [2.24, 2.45) is 0 Å². The van der Waals surface area contributed by atoms with Crippen LogP contribution >= 0.6 is 0 Å². The van der Waals surface area contributed by atoms with Crippen LogP contribution in [0.15, 0.2) is 48.5 Å². The van der Waals surface area contributed by atoms with Crippen molar-refractivity contribution >= 4 is 11.7 Å². The highest BCUT2D eigenvalue weighted by atomic mass is 16.5. The van der Waals surface area contributed by atoms with E-state index in [2.05, 4.69) is 5.32 Å². The Balaban J connectivity index is 1.48. The van der Waals surface area contributed by atoms with Crippen LogP contribution in [-0.2, 0) is 4.74 Å². The lowest BCUT2D eigenvalue weighted by Crippen LogP contribution is -2.24. The molecular weight excluding hydrogens is 338 g/mol. The van der Waals surface area contributed by atoms with Crippen LogP contribution in [0, 0.1) is 0 Å². The first-order chi connectivity index (χ1) is 13.1. The second kappa shape index (κ2) is 9.47. The summed E-state index contributed by atoms with van der Waals surface area (Å²) >= 11 is 0. The molecule has 1 atom stereocenters.